The number of carbonyl (C=O) groups is 3. The molecule has 3 N–H and O–H groups in total. The average molecular weight is 529 g/mol. The van der Waals surface area contributed by atoms with E-state index in [1.165, 1.54) is 0 Å². The Morgan fingerprint density at radius 2 is 1.32 bits per heavy atom. The molecule has 8 aliphatic heterocycles. The van der Waals surface area contributed by atoms with Crippen LogP contribution in [0, 0.1) is 11.8 Å². The molecule has 4 bridgehead atoms. The third-order valence-corrected chi connectivity index (χ3v) is 8.51. The predicted octanol–water partition coefficient (Wildman–Crippen LogP) is -0.679. The molecule has 8 heterocycles. The van der Waals surface area contributed by atoms with Crippen LogP contribution >= 0.6 is 0 Å². The fraction of sp³-hybridized carbons (Fsp3) is 0.880. The molecular weight excluding hydrogens is 488 g/mol. The highest BCUT2D eigenvalue weighted by atomic mass is 16.7. The standard InChI is InChI=1S/C10H13NO4.C9H15NO3.C6H12O3/c12-8-7-1-3-11(4-2-7)10(8)5-14-9(13)15-6-10;11-5-9(6-12)8(13)7-1-3-10(9)4-2-7;1-6(2)8-4-5(3-7)9-6/h7H,1-6H2;7,11-12H,1-6H2;5,7H,3-4H2,1-2H3. The Morgan fingerprint density at radius 3 is 1.68 bits per heavy atom. The molecule has 8 fully saturated rings. The van der Waals surface area contributed by atoms with E-state index in [1.807, 2.05) is 18.7 Å². The number of carbonyl (C=O) groups excluding carboxylic acids is 3. The van der Waals surface area contributed by atoms with Crippen LogP contribution in [0.25, 0.3) is 0 Å². The third kappa shape index (κ3) is 5.42. The molecule has 0 amide bonds. The molecule has 8 saturated heterocycles. The summed E-state index contributed by atoms with van der Waals surface area (Å²) in [6.45, 7) is 7.54. The van der Waals surface area contributed by atoms with Gasteiger partial charge in [0.2, 0.25) is 0 Å². The molecule has 1 spiro atoms. The number of Topliss-reactive ketones (excluding diaryl/α,β-unsaturated/α-hetero) is 2. The van der Waals surface area contributed by atoms with E-state index >= 15 is 0 Å². The van der Waals surface area contributed by atoms with Crippen LogP contribution in [0.2, 0.25) is 0 Å². The first-order valence-corrected chi connectivity index (χ1v) is 13.1. The maximum atomic E-state index is 12.2. The van der Waals surface area contributed by atoms with Gasteiger partial charge in [0.05, 0.1) is 26.4 Å². The van der Waals surface area contributed by atoms with Crippen LogP contribution in [0.4, 0.5) is 4.79 Å². The summed E-state index contributed by atoms with van der Waals surface area (Å²) in [5.74, 6) is -0.0323. The van der Waals surface area contributed by atoms with Crippen molar-refractivity contribution in [1.82, 2.24) is 9.80 Å². The van der Waals surface area contributed by atoms with Crippen molar-refractivity contribution in [3.63, 3.8) is 0 Å². The van der Waals surface area contributed by atoms with Gasteiger partial charge in [-0.15, -0.1) is 0 Å². The van der Waals surface area contributed by atoms with E-state index < -0.39 is 23.0 Å². The molecule has 12 heteroatoms. The monoisotopic (exact) mass is 528 g/mol. The Morgan fingerprint density at radius 1 is 0.811 bits per heavy atom. The van der Waals surface area contributed by atoms with E-state index in [-0.39, 0.29) is 62.5 Å². The number of aliphatic hydroxyl groups excluding tert-OH is 3. The zero-order valence-electron chi connectivity index (χ0n) is 21.7. The number of aliphatic hydroxyl groups is 3. The number of fused-ring (bicyclic) bond motifs is 5. The van der Waals surface area contributed by atoms with E-state index in [1.54, 1.807) is 0 Å². The first-order chi connectivity index (χ1) is 17.6. The highest BCUT2D eigenvalue weighted by Crippen LogP contribution is 2.38. The number of cyclic esters (lactones) is 2. The Balaban J connectivity index is 0.000000134. The molecule has 12 nitrogen and oxygen atoms in total. The summed E-state index contributed by atoms with van der Waals surface area (Å²) in [5, 5.41) is 27.0. The lowest BCUT2D eigenvalue weighted by Gasteiger charge is -2.52. The maximum Gasteiger partial charge on any atom is 0.508 e. The van der Waals surface area contributed by atoms with Crippen molar-refractivity contribution < 1.29 is 48.7 Å². The fourth-order valence-corrected chi connectivity index (χ4v) is 6.23. The highest BCUT2D eigenvalue weighted by Gasteiger charge is 2.56. The first-order valence-electron chi connectivity index (χ1n) is 13.1. The Hall–Kier alpha value is -1.67. The summed E-state index contributed by atoms with van der Waals surface area (Å²) in [5.41, 5.74) is -1.61. The second-order valence-corrected chi connectivity index (χ2v) is 11.1. The molecular formula is C25H40N2O10. The normalized spacial score (nSPS) is 36.1. The number of ether oxygens (including phenoxy) is 4. The van der Waals surface area contributed by atoms with Gasteiger partial charge in [-0.05, 0) is 52.6 Å². The van der Waals surface area contributed by atoms with Crippen molar-refractivity contribution in [2.24, 2.45) is 11.8 Å². The summed E-state index contributed by atoms with van der Waals surface area (Å²) in [4.78, 5) is 38.8. The molecule has 0 aliphatic carbocycles. The van der Waals surface area contributed by atoms with Gasteiger partial charge in [0, 0.05) is 24.9 Å². The van der Waals surface area contributed by atoms with E-state index in [9.17, 15) is 24.6 Å². The van der Waals surface area contributed by atoms with Crippen LogP contribution in [0.3, 0.4) is 0 Å². The smallest absolute Gasteiger partial charge is 0.432 e. The number of piperidine rings is 6. The minimum atomic E-state index is -0.957. The Kier molecular flexibility index (Phi) is 8.59. The molecule has 0 radical (unpaired) electrons. The van der Waals surface area contributed by atoms with Gasteiger partial charge < -0.3 is 34.3 Å². The van der Waals surface area contributed by atoms with Crippen LogP contribution in [0.15, 0.2) is 0 Å². The molecule has 0 aromatic carbocycles. The number of nitrogens with zero attached hydrogens (tertiary/aromatic N) is 2. The van der Waals surface area contributed by atoms with Crippen LogP contribution in [0.5, 0.6) is 0 Å². The summed E-state index contributed by atoms with van der Waals surface area (Å²) in [6.07, 6.45) is 2.88. The van der Waals surface area contributed by atoms with Gasteiger partial charge >= 0.3 is 6.16 Å². The van der Waals surface area contributed by atoms with Gasteiger partial charge in [-0.25, -0.2) is 4.79 Å². The Labute approximate surface area is 216 Å². The van der Waals surface area contributed by atoms with Gasteiger partial charge in [0.1, 0.15) is 30.4 Å². The number of rotatable bonds is 3. The second-order valence-electron chi connectivity index (χ2n) is 11.1. The summed E-state index contributed by atoms with van der Waals surface area (Å²) < 4.78 is 20.1. The zero-order valence-corrected chi connectivity index (χ0v) is 21.7. The first kappa shape index (κ1) is 28.3. The lowest BCUT2D eigenvalue weighted by molar-refractivity contribution is -0.166. The molecule has 8 aliphatic rings. The lowest BCUT2D eigenvalue weighted by Crippen LogP contribution is -2.70. The summed E-state index contributed by atoms with van der Waals surface area (Å²) in [7, 11) is 0. The molecule has 210 valence electrons. The Bertz CT molecular complexity index is 834. The zero-order chi connectivity index (χ0) is 26.8. The largest absolute Gasteiger partial charge is 0.508 e. The van der Waals surface area contributed by atoms with Gasteiger partial charge in [-0.3, -0.25) is 19.4 Å². The molecule has 0 saturated carbocycles. The average Bonchev–Trinajstić information content (AvgIpc) is 3.29. The molecule has 1 unspecified atom stereocenters. The second kappa shape index (κ2) is 11.2. The minimum Gasteiger partial charge on any atom is -0.432 e. The summed E-state index contributed by atoms with van der Waals surface area (Å²) in [6, 6.07) is 0. The van der Waals surface area contributed by atoms with E-state index in [2.05, 4.69) is 4.90 Å². The van der Waals surface area contributed by atoms with Crippen molar-refractivity contribution >= 4 is 17.7 Å². The SMILES string of the molecule is CC1(C)OCC(CO)O1.O=C1C2CCN(CC2)C1(CO)CO.O=C1OCC2(CO1)C(=O)C1CCN2CC1. The van der Waals surface area contributed by atoms with Crippen LogP contribution in [0.1, 0.15) is 39.5 Å². The van der Waals surface area contributed by atoms with Gasteiger partial charge in [-0.1, -0.05) is 0 Å². The van der Waals surface area contributed by atoms with Crippen LogP contribution in [-0.4, -0.2) is 132 Å². The molecule has 8 rings (SSSR count). The highest BCUT2D eigenvalue weighted by molar-refractivity contribution is 5.93. The van der Waals surface area contributed by atoms with E-state index in [4.69, 9.17) is 24.1 Å². The van der Waals surface area contributed by atoms with Crippen molar-refractivity contribution in [3.05, 3.63) is 0 Å². The van der Waals surface area contributed by atoms with Gasteiger partial charge in [0.25, 0.3) is 0 Å². The van der Waals surface area contributed by atoms with Gasteiger partial charge in [0.15, 0.2) is 17.4 Å². The topological polar surface area (TPSA) is 155 Å². The molecule has 37 heavy (non-hydrogen) atoms. The lowest BCUT2D eigenvalue weighted by atomic mass is 9.73. The minimum absolute atomic E-state index is 0.0370. The maximum absolute atomic E-state index is 12.2. The summed E-state index contributed by atoms with van der Waals surface area (Å²) >= 11 is 0. The van der Waals surface area contributed by atoms with Crippen molar-refractivity contribution in [3.8, 4) is 0 Å². The van der Waals surface area contributed by atoms with Crippen LogP contribution < -0.4 is 0 Å². The number of ketones is 2. The number of hydrogen-bond acceptors (Lipinski definition) is 12. The van der Waals surface area contributed by atoms with E-state index in [0.717, 1.165) is 51.9 Å². The molecule has 0 aromatic heterocycles. The van der Waals surface area contributed by atoms with E-state index in [0.29, 0.717) is 6.61 Å². The third-order valence-electron chi connectivity index (χ3n) is 8.51. The predicted molar refractivity (Wildman–Crippen MR) is 128 cm³/mol. The van der Waals surface area contributed by atoms with Crippen molar-refractivity contribution in [2.75, 3.05) is 65.8 Å². The van der Waals surface area contributed by atoms with Gasteiger partial charge in [-0.2, -0.15) is 0 Å². The molecule has 1 atom stereocenters. The quantitative estimate of drug-likeness (QED) is 0.398. The number of hydrogen-bond donors (Lipinski definition) is 3. The van der Waals surface area contributed by atoms with Crippen molar-refractivity contribution in [1.29, 1.82) is 0 Å². The van der Waals surface area contributed by atoms with Crippen LogP contribution in [-0.2, 0) is 28.5 Å². The van der Waals surface area contributed by atoms with Crippen molar-refractivity contribution in [2.45, 2.75) is 62.5 Å². The molecule has 0 aromatic rings. The fourth-order valence-electron chi connectivity index (χ4n) is 6.23.